The third-order valence-corrected chi connectivity index (χ3v) is 5.42. The summed E-state index contributed by atoms with van der Waals surface area (Å²) in [5, 5.41) is 17.2. The largest absolute Gasteiger partial charge is 0.491 e. The molecule has 0 aliphatic rings. The van der Waals surface area contributed by atoms with Crippen molar-refractivity contribution in [1.29, 1.82) is 10.5 Å². The number of nitrogens with two attached hydrogens (primary N) is 2. The van der Waals surface area contributed by atoms with E-state index in [1.54, 1.807) is 68.8 Å². The van der Waals surface area contributed by atoms with Crippen LogP contribution in [0.2, 0.25) is 0 Å². The average Bonchev–Trinajstić information content (AvgIpc) is 2.98. The molecule has 3 rings (SSSR count). The maximum Gasteiger partial charge on any atom is 0.234 e. The molecule has 11 nitrogen and oxygen atoms in total. The number of thiocarbonyl (C=S) groups is 1. The second-order valence-electron chi connectivity index (χ2n) is 7.89. The Morgan fingerprint density at radius 2 is 1.52 bits per heavy atom. The lowest BCUT2D eigenvalue weighted by Gasteiger charge is -2.11. The molecule has 5 N–H and O–H groups in total. The zero-order chi connectivity index (χ0) is 31.3. The molecule has 0 saturated heterocycles. The van der Waals surface area contributed by atoms with E-state index in [-0.39, 0.29) is 33.1 Å². The number of H-pyrrole nitrogens is 1. The van der Waals surface area contributed by atoms with Gasteiger partial charge in [0, 0.05) is 25.3 Å². The van der Waals surface area contributed by atoms with E-state index in [2.05, 4.69) is 22.0 Å². The van der Waals surface area contributed by atoms with E-state index in [9.17, 15) is 10.1 Å². The number of aromatic amines is 1. The Morgan fingerprint density at radius 3 is 1.90 bits per heavy atom. The molecule has 0 bridgehead atoms. The molecule has 0 amide bonds. The van der Waals surface area contributed by atoms with Crippen LogP contribution < -0.4 is 20.9 Å². The number of hydrogen-bond acceptors (Lipinski definition) is 10. The number of carbonyl (C=O) groups is 1. The summed E-state index contributed by atoms with van der Waals surface area (Å²) >= 11 is 9.48. The van der Waals surface area contributed by atoms with Crippen LogP contribution in [0, 0.1) is 33.9 Å². The Hall–Kier alpha value is -4.84. The van der Waals surface area contributed by atoms with Crippen molar-refractivity contribution >= 4 is 47.2 Å². The number of pyridine rings is 1. The second kappa shape index (κ2) is 20.1. The molecule has 0 fully saturated rings. The van der Waals surface area contributed by atoms with Crippen molar-refractivity contribution in [3.05, 3.63) is 75.7 Å². The predicted octanol–water partition coefficient (Wildman–Crippen LogP) is 5.15. The maximum absolute atomic E-state index is 10.3. The monoisotopic (exact) mass is 606 g/mol. The zero-order valence-electron chi connectivity index (χ0n) is 23.1. The highest BCUT2D eigenvalue weighted by Gasteiger charge is 2.16. The lowest BCUT2D eigenvalue weighted by molar-refractivity contribution is 0.112. The summed E-state index contributed by atoms with van der Waals surface area (Å²) in [6, 6.07) is 17.9. The van der Waals surface area contributed by atoms with Crippen LogP contribution in [0.4, 0.5) is 11.5 Å². The molecule has 3 aromatic rings. The van der Waals surface area contributed by atoms with E-state index < -0.39 is 0 Å². The highest BCUT2D eigenvalue weighted by molar-refractivity contribution is 7.80. The van der Waals surface area contributed by atoms with E-state index in [0.717, 1.165) is 12.0 Å². The Balaban J connectivity index is 0.000000389. The fourth-order valence-corrected chi connectivity index (χ4v) is 3.36. The third kappa shape index (κ3) is 12.1. The molecule has 2 aromatic carbocycles. The highest BCUT2D eigenvalue weighted by atomic mass is 32.1. The van der Waals surface area contributed by atoms with Gasteiger partial charge in [-0.25, -0.2) is 4.85 Å². The van der Waals surface area contributed by atoms with Gasteiger partial charge in [0.25, 0.3) is 0 Å². The van der Waals surface area contributed by atoms with Gasteiger partial charge in [-0.15, -0.1) is 0 Å². The molecule has 42 heavy (non-hydrogen) atoms. The number of carbonyl (C=O) groups excluding carboxylic acids is 1. The van der Waals surface area contributed by atoms with Crippen molar-refractivity contribution in [2.45, 2.75) is 6.42 Å². The Kier molecular flexibility index (Phi) is 16.8. The van der Waals surface area contributed by atoms with Crippen LogP contribution in [-0.2, 0) is 9.47 Å². The van der Waals surface area contributed by atoms with Gasteiger partial charge in [0.1, 0.15) is 47.5 Å². The smallest absolute Gasteiger partial charge is 0.234 e. The molecule has 0 aliphatic heterocycles. The molecule has 0 radical (unpaired) electrons. The maximum atomic E-state index is 10.3. The normalized spacial score (nSPS) is 9.31. The first-order valence-electron chi connectivity index (χ1n) is 12.1. The van der Waals surface area contributed by atoms with E-state index >= 15 is 0 Å². The van der Waals surface area contributed by atoms with Gasteiger partial charge in [0.05, 0.1) is 42.8 Å². The SMILES string of the molecule is COCCOc1ccc(C=O)cc1.N#CCC(N)=S.[C-]#[N+]c1c(N)[nH]c(=S)c(C#N)c1-c1ccc(OCCOC)cc1. The summed E-state index contributed by atoms with van der Waals surface area (Å²) in [6.45, 7) is 9.34. The molecule has 0 atom stereocenters. The number of benzene rings is 2. The first kappa shape index (κ1) is 35.2. The molecular weight excluding hydrogens is 576 g/mol. The number of hydrogen-bond donors (Lipinski definition) is 3. The van der Waals surface area contributed by atoms with E-state index in [1.165, 1.54) is 0 Å². The molecule has 1 aromatic heterocycles. The first-order chi connectivity index (χ1) is 20.3. The summed E-state index contributed by atoms with van der Waals surface area (Å²) in [6.07, 6.45) is 0.994. The highest BCUT2D eigenvalue weighted by Crippen LogP contribution is 2.38. The number of nitriles is 2. The average molecular weight is 607 g/mol. The number of rotatable bonds is 11. The summed E-state index contributed by atoms with van der Waals surface area (Å²) in [5.41, 5.74) is 12.9. The summed E-state index contributed by atoms with van der Waals surface area (Å²) in [5.74, 6) is 1.57. The molecular formula is C29H30N6O5S2. The van der Waals surface area contributed by atoms with Crippen molar-refractivity contribution in [3.8, 4) is 34.8 Å². The van der Waals surface area contributed by atoms with Crippen molar-refractivity contribution in [2.24, 2.45) is 5.73 Å². The minimum atomic E-state index is 0.152. The molecule has 0 aliphatic carbocycles. The molecule has 218 valence electrons. The Labute approximate surface area is 255 Å². The van der Waals surface area contributed by atoms with Gasteiger partial charge in [-0.05, 0) is 42.0 Å². The van der Waals surface area contributed by atoms with Gasteiger partial charge >= 0.3 is 0 Å². The fraction of sp³-hybridized carbons (Fsp3) is 0.241. The minimum Gasteiger partial charge on any atom is -0.491 e. The number of nitrogens with zero attached hydrogens (tertiary/aromatic N) is 3. The van der Waals surface area contributed by atoms with Crippen molar-refractivity contribution in [3.63, 3.8) is 0 Å². The molecule has 0 spiro atoms. The van der Waals surface area contributed by atoms with E-state index in [4.69, 9.17) is 54.5 Å². The lowest BCUT2D eigenvalue weighted by atomic mass is 10.00. The minimum absolute atomic E-state index is 0.152. The second-order valence-corrected chi connectivity index (χ2v) is 8.82. The fourth-order valence-electron chi connectivity index (χ4n) is 3.04. The first-order valence-corrected chi connectivity index (χ1v) is 13.0. The van der Waals surface area contributed by atoms with Crippen LogP contribution >= 0.6 is 24.4 Å². The van der Waals surface area contributed by atoms with Gasteiger partial charge < -0.3 is 35.4 Å². The van der Waals surface area contributed by atoms with Crippen LogP contribution in [-0.4, -0.2) is 56.9 Å². The number of aldehydes is 1. The number of methoxy groups -OCH3 is 2. The lowest BCUT2D eigenvalue weighted by Crippen LogP contribution is -2.04. The quantitative estimate of drug-likeness (QED) is 0.114. The topological polar surface area (TPSA) is 174 Å². The van der Waals surface area contributed by atoms with Crippen LogP contribution in [0.5, 0.6) is 11.5 Å². The summed E-state index contributed by atoms with van der Waals surface area (Å²) in [7, 11) is 3.23. The van der Waals surface area contributed by atoms with Crippen molar-refractivity contribution in [2.75, 3.05) is 46.4 Å². The predicted molar refractivity (Wildman–Crippen MR) is 166 cm³/mol. The number of nitrogen functional groups attached to an aromatic ring is 1. The van der Waals surface area contributed by atoms with Gasteiger partial charge in [-0.1, -0.05) is 36.6 Å². The van der Waals surface area contributed by atoms with Crippen LogP contribution in [0.1, 0.15) is 22.3 Å². The van der Waals surface area contributed by atoms with Crippen LogP contribution in [0.25, 0.3) is 16.0 Å². The molecule has 0 saturated carbocycles. The van der Waals surface area contributed by atoms with E-state index in [0.29, 0.717) is 48.9 Å². The third-order valence-electron chi connectivity index (χ3n) is 4.97. The van der Waals surface area contributed by atoms with Gasteiger partial charge in [-0.2, -0.15) is 10.5 Å². The number of ether oxygens (including phenoxy) is 4. The summed E-state index contributed by atoms with van der Waals surface area (Å²) < 4.78 is 20.8. The molecule has 1 heterocycles. The van der Waals surface area contributed by atoms with E-state index in [1.807, 2.05) is 6.07 Å². The van der Waals surface area contributed by atoms with Crippen LogP contribution in [0.15, 0.2) is 48.5 Å². The van der Waals surface area contributed by atoms with Crippen LogP contribution in [0.3, 0.4) is 0 Å². The number of aromatic nitrogens is 1. The standard InChI is InChI=1S/C16H14N4O2S.C10H12O3.C3H4N2S/c1-19-14-13(12(9-17)16(23)20-15(14)18)10-3-5-11(6-4-10)22-8-7-21-2;1-12-6-7-13-10-4-2-9(8-11)3-5-10;4-2-1-3(5)6/h3-6H,7-8H2,2H3,(H3,18,20,23);2-5,8H,6-7H2,1H3;1H2,(H2,5,6). The Bertz CT molecular complexity index is 1490. The summed E-state index contributed by atoms with van der Waals surface area (Å²) in [4.78, 5) is 16.7. The van der Waals surface area contributed by atoms with Gasteiger partial charge in [-0.3, -0.25) is 4.79 Å². The van der Waals surface area contributed by atoms with Gasteiger partial charge in [0.2, 0.25) is 5.69 Å². The van der Waals surface area contributed by atoms with Crippen molar-refractivity contribution < 1.29 is 23.7 Å². The number of anilines is 1. The van der Waals surface area contributed by atoms with Crippen molar-refractivity contribution in [1.82, 2.24) is 4.98 Å². The number of nitrogens with one attached hydrogen (secondary N) is 1. The Morgan fingerprint density at radius 1 is 1.00 bits per heavy atom. The zero-order valence-corrected chi connectivity index (χ0v) is 24.7. The van der Waals surface area contributed by atoms with Gasteiger partial charge in [0.15, 0.2) is 0 Å². The molecule has 13 heteroatoms. The molecule has 0 unspecified atom stereocenters.